The molecule has 0 unspecified atom stereocenters. The quantitative estimate of drug-likeness (QED) is 0.128. The molecule has 0 saturated carbocycles. The number of amides is 2. The summed E-state index contributed by atoms with van der Waals surface area (Å²) in [6.45, 7) is 0.981. The summed E-state index contributed by atoms with van der Waals surface area (Å²) in [6.07, 6.45) is 2.48. The number of nitrogens with two attached hydrogens (primary N) is 1. The van der Waals surface area contributed by atoms with E-state index in [0.717, 1.165) is 33.3 Å². The highest BCUT2D eigenvalue weighted by molar-refractivity contribution is 5.94. The zero-order valence-electron chi connectivity index (χ0n) is 26.0. The van der Waals surface area contributed by atoms with E-state index in [1.165, 1.54) is 0 Å². The van der Waals surface area contributed by atoms with Crippen molar-refractivity contribution >= 4 is 34.2 Å². The van der Waals surface area contributed by atoms with Gasteiger partial charge in [-0.1, -0.05) is 72.8 Å². The van der Waals surface area contributed by atoms with Crippen LogP contribution in [-0.2, 0) is 38.8 Å². The molecule has 0 aliphatic carbocycles. The standard InChI is InChI=1S/C37H39N5O5/c38-30-6-1-2-7-31(30)41-36(45)11-5-10-35(44)39-21-25-12-18-28(19-13-25)37-46-29(22-42-24-40-32-8-3-4-9-33(32)42)20-34(47-37)27-16-14-26(23-43)15-17-27/h1-4,6-9,12-19,24,29,34,37,43H,5,10-11,20-23,38H2,(H,39,44)(H,41,45)/t29-,34+,37+/m0/s1. The van der Waals surface area contributed by atoms with Crippen molar-refractivity contribution in [1.82, 2.24) is 14.9 Å². The average molecular weight is 634 g/mol. The maximum Gasteiger partial charge on any atom is 0.224 e. The molecular weight excluding hydrogens is 594 g/mol. The van der Waals surface area contributed by atoms with Crippen LogP contribution in [0.1, 0.15) is 60.3 Å². The number of nitrogen functional groups attached to an aromatic ring is 1. The Morgan fingerprint density at radius 2 is 1.55 bits per heavy atom. The summed E-state index contributed by atoms with van der Waals surface area (Å²) < 4.78 is 15.1. The zero-order valence-corrected chi connectivity index (χ0v) is 26.0. The third kappa shape index (κ3) is 8.23. The molecule has 0 spiro atoms. The minimum absolute atomic E-state index is 0.0114. The van der Waals surface area contributed by atoms with Gasteiger partial charge in [-0.2, -0.15) is 0 Å². The van der Waals surface area contributed by atoms with Gasteiger partial charge in [-0.05, 0) is 47.4 Å². The number of benzene rings is 4. The third-order valence-corrected chi connectivity index (χ3v) is 8.33. The number of rotatable bonds is 12. The number of hydrogen-bond donors (Lipinski definition) is 4. The molecule has 1 saturated heterocycles. The summed E-state index contributed by atoms with van der Waals surface area (Å²) in [5.41, 5.74) is 12.6. The van der Waals surface area contributed by atoms with Gasteiger partial charge in [-0.15, -0.1) is 0 Å². The Hall–Kier alpha value is -5.03. The predicted molar refractivity (Wildman–Crippen MR) is 180 cm³/mol. The summed E-state index contributed by atoms with van der Waals surface area (Å²) >= 11 is 0. The lowest BCUT2D eigenvalue weighted by atomic mass is 9.99. The average Bonchev–Trinajstić information content (AvgIpc) is 3.51. The van der Waals surface area contributed by atoms with Crippen LogP contribution in [0.15, 0.2) is 103 Å². The fourth-order valence-corrected chi connectivity index (χ4v) is 5.72. The number of fused-ring (bicyclic) bond motifs is 1. The first-order chi connectivity index (χ1) is 22.9. The Labute approximate surface area is 273 Å². The fourth-order valence-electron chi connectivity index (χ4n) is 5.72. The summed E-state index contributed by atoms with van der Waals surface area (Å²) in [5, 5.41) is 15.2. The van der Waals surface area contributed by atoms with Gasteiger partial charge in [0.25, 0.3) is 0 Å². The molecule has 4 aromatic carbocycles. The Morgan fingerprint density at radius 1 is 0.851 bits per heavy atom. The number of imidazole rings is 1. The summed E-state index contributed by atoms with van der Waals surface area (Å²) in [5.74, 6) is -0.298. The predicted octanol–water partition coefficient (Wildman–Crippen LogP) is 5.78. The lowest BCUT2D eigenvalue weighted by Crippen LogP contribution is -2.32. The molecule has 1 fully saturated rings. The Morgan fingerprint density at radius 3 is 2.34 bits per heavy atom. The third-order valence-electron chi connectivity index (χ3n) is 8.33. The van der Waals surface area contributed by atoms with Crippen LogP contribution in [0.4, 0.5) is 11.4 Å². The second-order valence-corrected chi connectivity index (χ2v) is 11.7. The first-order valence-corrected chi connectivity index (χ1v) is 15.9. The Kier molecular flexibility index (Phi) is 10.2. The van der Waals surface area contributed by atoms with E-state index in [2.05, 4.69) is 26.3 Å². The van der Waals surface area contributed by atoms with E-state index in [1.54, 1.807) is 24.3 Å². The molecule has 10 nitrogen and oxygen atoms in total. The Bertz CT molecular complexity index is 1800. The highest BCUT2D eigenvalue weighted by atomic mass is 16.7. The van der Waals surface area contributed by atoms with Crippen molar-refractivity contribution in [1.29, 1.82) is 0 Å². The number of para-hydroxylation sites is 4. The fraction of sp³-hybridized carbons (Fsp3) is 0.270. The van der Waals surface area contributed by atoms with Gasteiger partial charge in [0.15, 0.2) is 6.29 Å². The van der Waals surface area contributed by atoms with Crippen molar-refractivity contribution in [3.63, 3.8) is 0 Å². The van der Waals surface area contributed by atoms with Crippen molar-refractivity contribution in [3.8, 4) is 0 Å². The largest absolute Gasteiger partial charge is 0.397 e. The van der Waals surface area contributed by atoms with E-state index < -0.39 is 6.29 Å². The number of aliphatic hydroxyl groups is 1. The lowest BCUT2D eigenvalue weighted by molar-refractivity contribution is -0.252. The van der Waals surface area contributed by atoms with E-state index in [9.17, 15) is 14.7 Å². The van der Waals surface area contributed by atoms with Crippen LogP contribution in [0.2, 0.25) is 0 Å². The van der Waals surface area contributed by atoms with Gasteiger partial charge < -0.3 is 35.5 Å². The molecule has 0 radical (unpaired) electrons. The number of carbonyl (C=O) groups excluding carboxylic acids is 2. The normalized spacial score (nSPS) is 17.8. The van der Waals surface area contributed by atoms with Crippen molar-refractivity contribution in [2.75, 3.05) is 11.1 Å². The van der Waals surface area contributed by atoms with Crippen LogP contribution in [0.5, 0.6) is 0 Å². The minimum atomic E-state index is -0.591. The van der Waals surface area contributed by atoms with E-state index >= 15 is 0 Å². The van der Waals surface area contributed by atoms with Crippen molar-refractivity contribution in [2.45, 2.75) is 63.9 Å². The van der Waals surface area contributed by atoms with Crippen LogP contribution >= 0.6 is 0 Å². The zero-order chi connectivity index (χ0) is 32.6. The van der Waals surface area contributed by atoms with Gasteiger partial charge in [0.05, 0.1) is 54.1 Å². The number of ether oxygens (including phenoxy) is 2. The summed E-state index contributed by atoms with van der Waals surface area (Å²) in [7, 11) is 0. The molecule has 5 N–H and O–H groups in total. The molecule has 6 rings (SSSR count). The van der Waals surface area contributed by atoms with Gasteiger partial charge in [0, 0.05) is 31.4 Å². The van der Waals surface area contributed by atoms with E-state index in [1.807, 2.05) is 73.1 Å². The first kappa shape index (κ1) is 31.9. The van der Waals surface area contributed by atoms with Gasteiger partial charge in [0.2, 0.25) is 11.8 Å². The minimum Gasteiger partial charge on any atom is -0.397 e. The monoisotopic (exact) mass is 633 g/mol. The van der Waals surface area contributed by atoms with E-state index in [0.29, 0.717) is 37.3 Å². The SMILES string of the molecule is Nc1ccccc1NC(=O)CCCC(=O)NCc1ccc([C@@H]2O[C@H](Cn3cnc4ccccc43)C[C@H](c3ccc(CO)cc3)O2)cc1. The van der Waals surface area contributed by atoms with Crippen LogP contribution in [-0.4, -0.2) is 32.6 Å². The molecule has 1 aliphatic rings. The number of aromatic nitrogens is 2. The summed E-state index contributed by atoms with van der Waals surface area (Å²) in [4.78, 5) is 29.2. The number of nitrogens with one attached hydrogen (secondary N) is 2. The van der Waals surface area contributed by atoms with Gasteiger partial charge >= 0.3 is 0 Å². The number of nitrogens with zero attached hydrogens (tertiary/aromatic N) is 2. The number of hydrogen-bond acceptors (Lipinski definition) is 7. The number of carbonyl (C=O) groups is 2. The van der Waals surface area contributed by atoms with Gasteiger partial charge in [-0.25, -0.2) is 4.98 Å². The van der Waals surface area contributed by atoms with Gasteiger partial charge in [0.1, 0.15) is 0 Å². The molecule has 242 valence electrons. The van der Waals surface area contributed by atoms with Crippen LogP contribution in [0, 0.1) is 0 Å². The molecule has 0 bridgehead atoms. The maximum atomic E-state index is 12.5. The molecule has 1 aliphatic heterocycles. The molecule has 2 amide bonds. The molecule has 10 heteroatoms. The maximum absolute atomic E-state index is 12.5. The first-order valence-electron chi connectivity index (χ1n) is 15.9. The smallest absolute Gasteiger partial charge is 0.224 e. The lowest BCUT2D eigenvalue weighted by Gasteiger charge is -2.36. The van der Waals surface area contributed by atoms with E-state index in [-0.39, 0.29) is 43.5 Å². The highest BCUT2D eigenvalue weighted by Gasteiger charge is 2.32. The highest BCUT2D eigenvalue weighted by Crippen LogP contribution is 2.38. The molecule has 3 atom stereocenters. The van der Waals surface area contributed by atoms with E-state index in [4.69, 9.17) is 15.2 Å². The second-order valence-electron chi connectivity index (χ2n) is 11.7. The van der Waals surface area contributed by atoms with Crippen molar-refractivity contribution in [3.05, 3.63) is 126 Å². The van der Waals surface area contributed by atoms with Crippen LogP contribution < -0.4 is 16.4 Å². The van der Waals surface area contributed by atoms with Gasteiger partial charge in [-0.3, -0.25) is 9.59 Å². The van der Waals surface area contributed by atoms with Crippen molar-refractivity contribution < 1.29 is 24.2 Å². The van der Waals surface area contributed by atoms with Crippen LogP contribution in [0.3, 0.4) is 0 Å². The Balaban J connectivity index is 1.05. The van der Waals surface area contributed by atoms with Crippen LogP contribution in [0.25, 0.3) is 11.0 Å². The van der Waals surface area contributed by atoms with Crippen molar-refractivity contribution in [2.24, 2.45) is 0 Å². The topological polar surface area (TPSA) is 141 Å². The summed E-state index contributed by atoms with van der Waals surface area (Å²) in [6, 6.07) is 30.8. The molecule has 5 aromatic rings. The molecule has 2 heterocycles. The molecular formula is C37H39N5O5. The number of anilines is 2. The molecule has 1 aromatic heterocycles. The molecule has 47 heavy (non-hydrogen) atoms. The number of aliphatic hydroxyl groups excluding tert-OH is 1. The second kappa shape index (κ2) is 15.0.